The molecule has 0 spiro atoms. The summed E-state index contributed by atoms with van der Waals surface area (Å²) >= 11 is 0. The highest BCUT2D eigenvalue weighted by Crippen LogP contribution is 2.27. The van der Waals surface area contributed by atoms with Gasteiger partial charge in [-0.25, -0.2) is 4.79 Å². The number of hydrogen-bond donors (Lipinski definition) is 1. The molecule has 3 amide bonds. The third-order valence-electron chi connectivity index (χ3n) is 5.37. The van der Waals surface area contributed by atoms with Gasteiger partial charge in [-0.3, -0.25) is 19.3 Å². The second kappa shape index (κ2) is 10.2. The van der Waals surface area contributed by atoms with Gasteiger partial charge in [0.15, 0.2) is 0 Å². The van der Waals surface area contributed by atoms with E-state index in [1.165, 1.54) is 0 Å². The van der Waals surface area contributed by atoms with E-state index in [-0.39, 0.29) is 5.92 Å². The van der Waals surface area contributed by atoms with Crippen LogP contribution in [0.4, 0.5) is 5.69 Å². The van der Waals surface area contributed by atoms with Crippen LogP contribution in [-0.2, 0) is 9.53 Å². The Bertz CT molecular complexity index is 978. The van der Waals surface area contributed by atoms with Crippen molar-refractivity contribution in [1.29, 1.82) is 0 Å². The van der Waals surface area contributed by atoms with Gasteiger partial charge in [0.25, 0.3) is 11.8 Å². The highest BCUT2D eigenvalue weighted by Gasteiger charge is 2.43. The molecule has 1 heterocycles. The summed E-state index contributed by atoms with van der Waals surface area (Å²) in [4.78, 5) is 51.9. The molecule has 0 bridgehead atoms. The first-order valence-electron chi connectivity index (χ1n) is 10.9. The second-order valence-corrected chi connectivity index (χ2v) is 8.12. The first kappa shape index (κ1) is 23.2. The molecule has 2 aromatic carbocycles. The Morgan fingerprint density at radius 2 is 1.53 bits per heavy atom. The summed E-state index contributed by atoms with van der Waals surface area (Å²) < 4.78 is 5.23. The normalized spacial score (nSPS) is 13.8. The largest absolute Gasteiger partial charge is 0.462 e. The zero-order chi connectivity index (χ0) is 23.3. The fourth-order valence-electron chi connectivity index (χ4n) is 3.68. The highest BCUT2D eigenvalue weighted by atomic mass is 16.5. The number of anilines is 1. The molecule has 1 aliphatic heterocycles. The number of amides is 3. The van der Waals surface area contributed by atoms with Gasteiger partial charge in [-0.15, -0.1) is 0 Å². The van der Waals surface area contributed by atoms with Crippen LogP contribution in [0, 0.1) is 5.92 Å². The summed E-state index contributed by atoms with van der Waals surface area (Å²) in [6, 6.07) is 11.9. The number of hydrogen-bond acceptors (Lipinski definition) is 5. The molecule has 0 saturated heterocycles. The lowest BCUT2D eigenvalue weighted by Gasteiger charge is -2.28. The molecule has 0 radical (unpaired) electrons. The van der Waals surface area contributed by atoms with Crippen LogP contribution in [0.25, 0.3) is 0 Å². The average Bonchev–Trinajstić information content (AvgIpc) is 3.02. The Morgan fingerprint density at radius 1 is 0.938 bits per heavy atom. The summed E-state index contributed by atoms with van der Waals surface area (Å²) in [5.41, 5.74) is 1.45. The Kier molecular flexibility index (Phi) is 7.41. The van der Waals surface area contributed by atoms with Gasteiger partial charge in [-0.1, -0.05) is 45.7 Å². The van der Waals surface area contributed by atoms with Crippen LogP contribution < -0.4 is 5.32 Å². The van der Waals surface area contributed by atoms with Crippen molar-refractivity contribution >= 4 is 29.4 Å². The van der Waals surface area contributed by atoms with E-state index >= 15 is 0 Å². The van der Waals surface area contributed by atoms with Crippen molar-refractivity contribution in [3.63, 3.8) is 0 Å². The van der Waals surface area contributed by atoms with E-state index in [0.717, 1.165) is 24.2 Å². The van der Waals surface area contributed by atoms with E-state index in [4.69, 9.17) is 4.74 Å². The molecule has 0 saturated carbocycles. The van der Waals surface area contributed by atoms with Gasteiger partial charge >= 0.3 is 5.97 Å². The number of carbonyl (C=O) groups excluding carboxylic acids is 4. The summed E-state index contributed by atoms with van der Waals surface area (Å²) in [5.74, 6) is -2.12. The quantitative estimate of drug-likeness (QED) is 0.360. The maximum absolute atomic E-state index is 13.1. The SMILES string of the molecule is CCCCCOC(=O)c1ccc(NC(=O)[C@@H](C(C)C)N2C(=O)c3ccccc3C2=O)cc1. The van der Waals surface area contributed by atoms with E-state index in [0.29, 0.717) is 29.0 Å². The van der Waals surface area contributed by atoms with Crippen molar-refractivity contribution in [2.24, 2.45) is 5.92 Å². The van der Waals surface area contributed by atoms with Gasteiger partial charge in [-0.05, 0) is 48.7 Å². The summed E-state index contributed by atoms with van der Waals surface area (Å²) in [5, 5.41) is 2.76. The number of carbonyl (C=O) groups is 4. The zero-order valence-corrected chi connectivity index (χ0v) is 18.6. The molecule has 32 heavy (non-hydrogen) atoms. The molecule has 0 unspecified atom stereocenters. The third kappa shape index (κ3) is 4.88. The maximum atomic E-state index is 13.1. The van der Waals surface area contributed by atoms with Crippen LogP contribution in [-0.4, -0.2) is 41.2 Å². The number of ether oxygens (including phenoxy) is 1. The second-order valence-electron chi connectivity index (χ2n) is 8.12. The van der Waals surface area contributed by atoms with Crippen LogP contribution in [0.3, 0.4) is 0 Å². The molecule has 7 heteroatoms. The van der Waals surface area contributed by atoms with Crippen molar-refractivity contribution in [2.45, 2.75) is 46.1 Å². The molecule has 7 nitrogen and oxygen atoms in total. The number of unbranched alkanes of at least 4 members (excludes halogenated alkanes) is 2. The van der Waals surface area contributed by atoms with Crippen LogP contribution in [0.2, 0.25) is 0 Å². The smallest absolute Gasteiger partial charge is 0.338 e. The minimum Gasteiger partial charge on any atom is -0.462 e. The minimum absolute atomic E-state index is 0.297. The van der Waals surface area contributed by atoms with Crippen molar-refractivity contribution in [1.82, 2.24) is 4.90 Å². The van der Waals surface area contributed by atoms with Crippen LogP contribution in [0.5, 0.6) is 0 Å². The van der Waals surface area contributed by atoms with Gasteiger partial charge in [0.05, 0.1) is 23.3 Å². The fourth-order valence-corrected chi connectivity index (χ4v) is 3.68. The summed E-state index contributed by atoms with van der Waals surface area (Å²) in [7, 11) is 0. The molecule has 0 fully saturated rings. The average molecular weight is 437 g/mol. The number of rotatable bonds is 9. The molecular formula is C25H28N2O5. The number of esters is 1. The first-order chi connectivity index (χ1) is 15.3. The van der Waals surface area contributed by atoms with Crippen molar-refractivity contribution in [3.05, 3.63) is 65.2 Å². The molecule has 2 aromatic rings. The lowest BCUT2D eigenvalue weighted by molar-refractivity contribution is -0.121. The van der Waals surface area contributed by atoms with Gasteiger partial charge in [0.1, 0.15) is 6.04 Å². The molecule has 1 atom stereocenters. The lowest BCUT2D eigenvalue weighted by atomic mass is 10.0. The fraction of sp³-hybridized carbons (Fsp3) is 0.360. The van der Waals surface area contributed by atoms with Gasteiger partial charge in [0.2, 0.25) is 5.91 Å². The topological polar surface area (TPSA) is 92.8 Å². The lowest BCUT2D eigenvalue weighted by Crippen LogP contribution is -2.50. The van der Waals surface area contributed by atoms with Crippen LogP contribution in [0.1, 0.15) is 71.1 Å². The Morgan fingerprint density at radius 3 is 2.06 bits per heavy atom. The van der Waals surface area contributed by atoms with E-state index < -0.39 is 29.7 Å². The van der Waals surface area contributed by atoms with Crippen LogP contribution >= 0.6 is 0 Å². The number of imide groups is 1. The molecule has 168 valence electrons. The zero-order valence-electron chi connectivity index (χ0n) is 18.6. The molecule has 1 aliphatic rings. The van der Waals surface area contributed by atoms with E-state index in [1.54, 1.807) is 62.4 Å². The highest BCUT2D eigenvalue weighted by molar-refractivity contribution is 6.23. The summed E-state index contributed by atoms with van der Waals surface area (Å²) in [6.45, 7) is 6.02. The van der Waals surface area contributed by atoms with Gasteiger partial charge < -0.3 is 10.1 Å². The number of nitrogens with zero attached hydrogens (tertiary/aromatic N) is 1. The molecular weight excluding hydrogens is 408 g/mol. The minimum atomic E-state index is -0.967. The standard InChI is InChI=1S/C25H28N2O5/c1-4-5-8-15-32-25(31)17-11-13-18(14-12-17)26-22(28)21(16(2)3)27-23(29)19-9-6-7-10-20(19)24(27)30/h6-7,9-14,16,21H,4-5,8,15H2,1-3H3,(H,26,28)/t21-/m1/s1. The van der Waals surface area contributed by atoms with Gasteiger partial charge in [-0.2, -0.15) is 0 Å². The first-order valence-corrected chi connectivity index (χ1v) is 10.9. The number of nitrogens with one attached hydrogen (secondary N) is 1. The monoisotopic (exact) mass is 436 g/mol. The van der Waals surface area contributed by atoms with E-state index in [1.807, 2.05) is 0 Å². The Balaban J connectivity index is 1.69. The van der Waals surface area contributed by atoms with Crippen molar-refractivity contribution < 1.29 is 23.9 Å². The van der Waals surface area contributed by atoms with Gasteiger partial charge in [0, 0.05) is 5.69 Å². The van der Waals surface area contributed by atoms with E-state index in [2.05, 4.69) is 12.2 Å². The third-order valence-corrected chi connectivity index (χ3v) is 5.37. The number of benzene rings is 2. The predicted molar refractivity (Wildman–Crippen MR) is 120 cm³/mol. The Labute approximate surface area is 187 Å². The molecule has 0 aromatic heterocycles. The molecule has 1 N–H and O–H groups in total. The number of fused-ring (bicyclic) bond motifs is 1. The van der Waals surface area contributed by atoms with Crippen molar-refractivity contribution in [3.8, 4) is 0 Å². The summed E-state index contributed by atoms with van der Waals surface area (Å²) in [6.07, 6.45) is 2.87. The predicted octanol–water partition coefficient (Wildman–Crippen LogP) is 4.29. The van der Waals surface area contributed by atoms with Crippen LogP contribution in [0.15, 0.2) is 48.5 Å². The molecule has 0 aliphatic carbocycles. The van der Waals surface area contributed by atoms with E-state index in [9.17, 15) is 19.2 Å². The molecule has 3 rings (SSSR count). The maximum Gasteiger partial charge on any atom is 0.338 e. The Hall–Kier alpha value is -3.48. The van der Waals surface area contributed by atoms with Crippen molar-refractivity contribution in [2.75, 3.05) is 11.9 Å².